The van der Waals surface area contributed by atoms with Crippen molar-refractivity contribution in [3.05, 3.63) is 16.0 Å². The van der Waals surface area contributed by atoms with E-state index in [1.165, 1.54) is 11.3 Å². The summed E-state index contributed by atoms with van der Waals surface area (Å²) in [5.41, 5.74) is 5.96. The zero-order valence-corrected chi connectivity index (χ0v) is 17.3. The van der Waals surface area contributed by atoms with Gasteiger partial charge in [-0.1, -0.05) is 19.8 Å². The molecule has 2 heterocycles. The Bertz CT molecular complexity index is 895. The van der Waals surface area contributed by atoms with E-state index in [0.29, 0.717) is 17.0 Å². The number of amides is 5. The molecule has 0 unspecified atom stereocenters. The first-order valence-corrected chi connectivity index (χ1v) is 11.0. The lowest BCUT2D eigenvalue weighted by Crippen LogP contribution is -2.54. The lowest BCUT2D eigenvalue weighted by Gasteiger charge is -2.36. The van der Waals surface area contributed by atoms with E-state index in [0.717, 1.165) is 60.3 Å². The highest BCUT2D eigenvalue weighted by molar-refractivity contribution is 7.17. The number of carbonyl (C=O) groups excluding carboxylic acids is 4. The number of fused-ring (bicyclic) bond motifs is 1. The van der Waals surface area contributed by atoms with Gasteiger partial charge in [-0.2, -0.15) is 0 Å². The van der Waals surface area contributed by atoms with Gasteiger partial charge in [0.2, 0.25) is 5.91 Å². The van der Waals surface area contributed by atoms with Crippen molar-refractivity contribution in [1.82, 2.24) is 10.2 Å². The molecular formula is C20H26N4O4S. The zero-order valence-electron chi connectivity index (χ0n) is 16.5. The molecule has 4 rings (SSSR count). The van der Waals surface area contributed by atoms with Crippen LogP contribution in [0.5, 0.6) is 0 Å². The van der Waals surface area contributed by atoms with Gasteiger partial charge in [0.05, 0.1) is 5.56 Å². The Morgan fingerprint density at radius 1 is 1.24 bits per heavy atom. The van der Waals surface area contributed by atoms with Crippen molar-refractivity contribution < 1.29 is 19.2 Å². The molecule has 1 spiro atoms. The molecule has 2 fully saturated rings. The number of urea groups is 1. The zero-order chi connectivity index (χ0) is 20.8. The van der Waals surface area contributed by atoms with Crippen LogP contribution in [0.1, 0.15) is 66.2 Å². The Hall–Kier alpha value is -2.42. The summed E-state index contributed by atoms with van der Waals surface area (Å²) in [6.45, 7) is 1.59. The monoisotopic (exact) mass is 418 g/mol. The van der Waals surface area contributed by atoms with Gasteiger partial charge in [-0.05, 0) is 50.0 Å². The normalized spacial score (nSPS) is 26.4. The first-order valence-electron chi connectivity index (χ1n) is 10.2. The van der Waals surface area contributed by atoms with Gasteiger partial charge in [0.25, 0.3) is 11.8 Å². The summed E-state index contributed by atoms with van der Waals surface area (Å²) in [4.78, 5) is 52.2. The molecule has 2 atom stereocenters. The van der Waals surface area contributed by atoms with Crippen LogP contribution in [0.15, 0.2) is 0 Å². The molecule has 2 aliphatic carbocycles. The second-order valence-electron chi connectivity index (χ2n) is 8.27. The Balaban J connectivity index is 1.51. The lowest BCUT2D eigenvalue weighted by molar-refractivity contribution is -0.136. The topological polar surface area (TPSA) is 122 Å². The van der Waals surface area contributed by atoms with Gasteiger partial charge in [0, 0.05) is 4.88 Å². The van der Waals surface area contributed by atoms with E-state index < -0.39 is 23.4 Å². The van der Waals surface area contributed by atoms with E-state index in [1.807, 2.05) is 6.92 Å². The number of imide groups is 1. The van der Waals surface area contributed by atoms with Crippen molar-refractivity contribution in [3.8, 4) is 0 Å². The molecule has 156 valence electrons. The van der Waals surface area contributed by atoms with E-state index >= 15 is 0 Å². The van der Waals surface area contributed by atoms with Crippen LogP contribution in [0.25, 0.3) is 0 Å². The molecule has 4 N–H and O–H groups in total. The molecule has 9 heteroatoms. The van der Waals surface area contributed by atoms with E-state index in [4.69, 9.17) is 5.73 Å². The predicted molar refractivity (Wildman–Crippen MR) is 109 cm³/mol. The summed E-state index contributed by atoms with van der Waals surface area (Å²) < 4.78 is 0. The maximum Gasteiger partial charge on any atom is 0.325 e. The van der Waals surface area contributed by atoms with Gasteiger partial charge in [-0.15, -0.1) is 11.3 Å². The first-order chi connectivity index (χ1) is 13.8. The third-order valence-corrected chi connectivity index (χ3v) is 7.68. The molecule has 1 aromatic heterocycles. The predicted octanol–water partition coefficient (Wildman–Crippen LogP) is 2.17. The third-order valence-electron chi connectivity index (χ3n) is 6.47. The largest absolute Gasteiger partial charge is 0.365 e. The Labute approximate surface area is 173 Å². The minimum atomic E-state index is -0.893. The first kappa shape index (κ1) is 19.9. The Morgan fingerprint density at radius 2 is 2.00 bits per heavy atom. The average molecular weight is 419 g/mol. The minimum absolute atomic E-state index is 0.0336. The molecule has 1 saturated heterocycles. The van der Waals surface area contributed by atoms with Crippen LogP contribution in [-0.4, -0.2) is 40.7 Å². The van der Waals surface area contributed by atoms with Crippen LogP contribution in [0.3, 0.4) is 0 Å². The smallest absolute Gasteiger partial charge is 0.325 e. The van der Waals surface area contributed by atoms with Crippen LogP contribution >= 0.6 is 11.3 Å². The van der Waals surface area contributed by atoms with Gasteiger partial charge < -0.3 is 16.4 Å². The Kier molecular flexibility index (Phi) is 5.10. The number of carbonyl (C=O) groups is 4. The fourth-order valence-corrected chi connectivity index (χ4v) is 6.17. The highest BCUT2D eigenvalue weighted by Gasteiger charge is 2.55. The molecule has 29 heavy (non-hydrogen) atoms. The molecule has 1 aliphatic heterocycles. The summed E-state index contributed by atoms with van der Waals surface area (Å²) in [6, 6.07) is -0.528. The number of anilines is 1. The van der Waals surface area contributed by atoms with Gasteiger partial charge >= 0.3 is 6.03 Å². The van der Waals surface area contributed by atoms with Crippen LogP contribution in [0.2, 0.25) is 0 Å². The number of hydrogen-bond donors (Lipinski definition) is 3. The molecule has 1 aromatic rings. The summed E-state index contributed by atoms with van der Waals surface area (Å²) in [5, 5.41) is 5.99. The van der Waals surface area contributed by atoms with E-state index in [1.54, 1.807) is 0 Å². The molecular weight excluding hydrogens is 392 g/mol. The van der Waals surface area contributed by atoms with Crippen molar-refractivity contribution >= 4 is 40.1 Å². The number of nitrogens with one attached hydrogen (secondary N) is 2. The number of nitrogens with two attached hydrogens (primary N) is 1. The van der Waals surface area contributed by atoms with Gasteiger partial charge in [-0.3, -0.25) is 19.3 Å². The lowest BCUT2D eigenvalue weighted by atomic mass is 9.73. The van der Waals surface area contributed by atoms with Crippen molar-refractivity contribution in [1.29, 1.82) is 0 Å². The molecule has 1 saturated carbocycles. The Morgan fingerprint density at radius 3 is 2.72 bits per heavy atom. The van der Waals surface area contributed by atoms with E-state index in [2.05, 4.69) is 10.6 Å². The number of nitrogens with zero attached hydrogens (tertiary/aromatic N) is 1. The van der Waals surface area contributed by atoms with Crippen LogP contribution in [0, 0.1) is 5.92 Å². The van der Waals surface area contributed by atoms with Gasteiger partial charge in [0.15, 0.2) is 0 Å². The number of primary amides is 1. The molecule has 0 aromatic carbocycles. The summed E-state index contributed by atoms with van der Waals surface area (Å²) in [5.74, 6) is -1.36. The standard InChI is InChI=1S/C20H26N4O4S/c1-11-6-4-5-9-20(11)18(27)24(19(28)23-20)10-14(25)22-17-15(16(21)26)12-7-2-3-8-13(12)29-17/h11H,2-10H2,1H3,(H2,21,26)(H,22,25)(H,23,28)/t11-,20-/m0/s1. The minimum Gasteiger partial charge on any atom is -0.365 e. The van der Waals surface area contributed by atoms with Crippen molar-refractivity contribution in [3.63, 3.8) is 0 Å². The third kappa shape index (κ3) is 3.31. The number of rotatable bonds is 4. The van der Waals surface area contributed by atoms with Crippen molar-refractivity contribution in [2.24, 2.45) is 11.7 Å². The second-order valence-corrected chi connectivity index (χ2v) is 9.37. The van der Waals surface area contributed by atoms with Gasteiger partial charge in [0.1, 0.15) is 17.1 Å². The number of hydrogen-bond acceptors (Lipinski definition) is 5. The van der Waals surface area contributed by atoms with Crippen molar-refractivity contribution in [2.45, 2.75) is 63.8 Å². The highest BCUT2D eigenvalue weighted by Crippen LogP contribution is 2.39. The molecule has 5 amide bonds. The van der Waals surface area contributed by atoms with Crippen LogP contribution in [0.4, 0.5) is 9.80 Å². The SMILES string of the molecule is C[C@H]1CCCC[C@]12NC(=O)N(CC(=O)Nc1sc3c(c1C(N)=O)CCCC3)C2=O. The summed E-state index contributed by atoms with van der Waals surface area (Å²) in [6.07, 6.45) is 7.04. The fourth-order valence-electron chi connectivity index (χ4n) is 4.86. The highest BCUT2D eigenvalue weighted by atomic mass is 32.1. The molecule has 3 aliphatic rings. The maximum absolute atomic E-state index is 13.0. The van der Waals surface area contributed by atoms with Crippen molar-refractivity contribution in [2.75, 3.05) is 11.9 Å². The van der Waals surface area contributed by atoms with Crippen LogP contribution in [-0.2, 0) is 22.4 Å². The van der Waals surface area contributed by atoms with Gasteiger partial charge in [-0.25, -0.2) is 4.79 Å². The molecule has 8 nitrogen and oxygen atoms in total. The fraction of sp³-hybridized carbons (Fsp3) is 0.600. The summed E-state index contributed by atoms with van der Waals surface area (Å²) in [7, 11) is 0. The maximum atomic E-state index is 13.0. The quantitative estimate of drug-likeness (QED) is 0.649. The second kappa shape index (κ2) is 7.44. The number of aryl methyl sites for hydroxylation is 1. The van der Waals surface area contributed by atoms with Crippen LogP contribution < -0.4 is 16.4 Å². The number of thiophene rings is 1. The molecule has 0 bridgehead atoms. The van der Waals surface area contributed by atoms with E-state index in [-0.39, 0.29) is 18.4 Å². The summed E-state index contributed by atoms with van der Waals surface area (Å²) >= 11 is 1.36. The molecule has 0 radical (unpaired) electrons. The van der Waals surface area contributed by atoms with E-state index in [9.17, 15) is 19.2 Å². The average Bonchev–Trinajstić information content (AvgIpc) is 3.15.